The van der Waals surface area contributed by atoms with Crippen LogP contribution in [0.25, 0.3) is 0 Å². The standard InChI is InChI=1S/C58H111O11P/c1-4-7-10-13-16-19-22-25-27-30-32-35-38-41-44-47-56(60)65-51-55(69-58(62)49-46-43-40-37-34-31-28-26-23-20-17-14-11-8-5-2)53-67-70(63,64)66-52-54(50-59)68-57(61)48-45-42-39-36-33-29-24-21-18-15-12-9-6-3/h26,28,54-55,59H,4-25,27,29-53H2,1-3H3,(H,63,64)/b28-26-. The monoisotopic (exact) mass is 1010 g/mol. The molecule has 0 aliphatic carbocycles. The van der Waals surface area contributed by atoms with Crippen molar-refractivity contribution in [3.8, 4) is 0 Å². The molecule has 0 amide bonds. The van der Waals surface area contributed by atoms with E-state index in [0.29, 0.717) is 19.3 Å². The number of esters is 3. The molecule has 11 nitrogen and oxygen atoms in total. The van der Waals surface area contributed by atoms with Gasteiger partial charge in [0.25, 0.3) is 0 Å². The van der Waals surface area contributed by atoms with Crippen LogP contribution in [-0.2, 0) is 42.2 Å². The van der Waals surface area contributed by atoms with Crippen LogP contribution in [0.2, 0.25) is 0 Å². The molecule has 0 aliphatic heterocycles. The van der Waals surface area contributed by atoms with E-state index in [2.05, 4.69) is 32.9 Å². The molecule has 3 atom stereocenters. The number of unbranched alkanes of at least 4 members (excludes halogenated alkanes) is 37. The third-order valence-electron chi connectivity index (χ3n) is 13.2. The largest absolute Gasteiger partial charge is 0.472 e. The second-order valence-electron chi connectivity index (χ2n) is 20.2. The lowest BCUT2D eigenvalue weighted by atomic mass is 10.0. The Balaban J connectivity index is 4.68. The summed E-state index contributed by atoms with van der Waals surface area (Å²) < 4.78 is 39.5. The maximum atomic E-state index is 12.9. The maximum absolute atomic E-state index is 12.9. The van der Waals surface area contributed by atoms with Gasteiger partial charge in [-0.05, 0) is 44.9 Å². The molecule has 0 aromatic rings. The van der Waals surface area contributed by atoms with Crippen LogP contribution in [0.5, 0.6) is 0 Å². The number of carbonyl (C=O) groups excluding carboxylic acids is 3. The van der Waals surface area contributed by atoms with Gasteiger partial charge in [-0.2, -0.15) is 0 Å². The van der Waals surface area contributed by atoms with E-state index in [4.69, 9.17) is 23.3 Å². The van der Waals surface area contributed by atoms with Crippen molar-refractivity contribution >= 4 is 25.7 Å². The van der Waals surface area contributed by atoms with Gasteiger partial charge < -0.3 is 24.2 Å². The molecule has 0 heterocycles. The van der Waals surface area contributed by atoms with Gasteiger partial charge in [0.05, 0.1) is 19.8 Å². The number of phosphoric ester groups is 1. The highest BCUT2D eigenvalue weighted by atomic mass is 31.2. The van der Waals surface area contributed by atoms with Crippen LogP contribution < -0.4 is 0 Å². The number of carbonyl (C=O) groups is 3. The highest BCUT2D eigenvalue weighted by molar-refractivity contribution is 7.47. The molecule has 12 heteroatoms. The minimum atomic E-state index is -4.74. The average Bonchev–Trinajstić information content (AvgIpc) is 3.35. The molecule has 0 fully saturated rings. The van der Waals surface area contributed by atoms with E-state index < -0.39 is 57.8 Å². The Morgan fingerprint density at radius 1 is 0.386 bits per heavy atom. The molecule has 414 valence electrons. The number of phosphoric acid groups is 1. The van der Waals surface area contributed by atoms with E-state index in [1.807, 2.05) is 0 Å². The third-order valence-corrected chi connectivity index (χ3v) is 14.1. The lowest BCUT2D eigenvalue weighted by molar-refractivity contribution is -0.161. The van der Waals surface area contributed by atoms with Crippen molar-refractivity contribution < 1.29 is 52.2 Å². The zero-order valence-corrected chi connectivity index (χ0v) is 46.7. The van der Waals surface area contributed by atoms with Crippen LogP contribution in [0, 0.1) is 0 Å². The summed E-state index contributed by atoms with van der Waals surface area (Å²) in [6.07, 6.45) is 51.6. The van der Waals surface area contributed by atoms with Crippen LogP contribution in [0.3, 0.4) is 0 Å². The molecule has 0 bridgehead atoms. The number of aliphatic hydroxyl groups is 1. The molecule has 0 aromatic heterocycles. The summed E-state index contributed by atoms with van der Waals surface area (Å²) in [6.45, 7) is 4.69. The van der Waals surface area contributed by atoms with E-state index in [9.17, 15) is 28.9 Å². The van der Waals surface area contributed by atoms with Crippen molar-refractivity contribution in [2.45, 2.75) is 315 Å². The summed E-state index contributed by atoms with van der Waals surface area (Å²) in [5.41, 5.74) is 0. The molecular formula is C58H111O11P. The molecule has 0 aromatic carbocycles. The van der Waals surface area contributed by atoms with Gasteiger partial charge in [0.1, 0.15) is 12.7 Å². The Morgan fingerprint density at radius 3 is 0.986 bits per heavy atom. The molecule has 0 spiro atoms. The van der Waals surface area contributed by atoms with E-state index in [1.54, 1.807) is 0 Å². The first-order chi connectivity index (χ1) is 34.2. The van der Waals surface area contributed by atoms with Crippen LogP contribution in [-0.4, -0.2) is 66.5 Å². The van der Waals surface area contributed by atoms with Crippen molar-refractivity contribution in [3.05, 3.63) is 12.2 Å². The summed E-state index contributed by atoms with van der Waals surface area (Å²) in [6, 6.07) is 0. The number of hydrogen-bond donors (Lipinski definition) is 2. The van der Waals surface area contributed by atoms with Gasteiger partial charge in [-0.1, -0.05) is 251 Å². The van der Waals surface area contributed by atoms with Gasteiger partial charge in [-0.3, -0.25) is 23.4 Å². The molecule has 0 saturated carbocycles. The Bertz CT molecular complexity index is 1230. The highest BCUT2D eigenvalue weighted by Crippen LogP contribution is 2.43. The normalized spacial score (nSPS) is 13.4. The van der Waals surface area contributed by atoms with Crippen molar-refractivity contribution in [1.29, 1.82) is 0 Å². The Hall–Kier alpha value is -1.78. The second-order valence-corrected chi connectivity index (χ2v) is 21.6. The van der Waals surface area contributed by atoms with Gasteiger partial charge in [0, 0.05) is 19.3 Å². The number of rotatable bonds is 56. The molecule has 0 aliphatic rings. The lowest BCUT2D eigenvalue weighted by Crippen LogP contribution is -2.30. The lowest BCUT2D eigenvalue weighted by Gasteiger charge is -2.21. The smallest absolute Gasteiger partial charge is 0.462 e. The number of allylic oxidation sites excluding steroid dienone is 2. The van der Waals surface area contributed by atoms with Crippen molar-refractivity contribution in [1.82, 2.24) is 0 Å². The van der Waals surface area contributed by atoms with Crippen LogP contribution in [0.4, 0.5) is 0 Å². The van der Waals surface area contributed by atoms with Crippen LogP contribution in [0.1, 0.15) is 303 Å². The fraction of sp³-hybridized carbons (Fsp3) is 0.914. The van der Waals surface area contributed by atoms with Gasteiger partial charge in [0.15, 0.2) is 6.10 Å². The molecule has 0 rings (SSSR count). The summed E-state index contributed by atoms with van der Waals surface area (Å²) >= 11 is 0. The zero-order valence-electron chi connectivity index (χ0n) is 45.8. The topological polar surface area (TPSA) is 155 Å². The quantitative estimate of drug-likeness (QED) is 0.0197. The molecule has 3 unspecified atom stereocenters. The van der Waals surface area contributed by atoms with E-state index >= 15 is 0 Å². The molecule has 0 saturated heterocycles. The zero-order chi connectivity index (χ0) is 51.3. The van der Waals surface area contributed by atoms with Crippen LogP contribution >= 0.6 is 7.82 Å². The van der Waals surface area contributed by atoms with Crippen molar-refractivity contribution in [2.75, 3.05) is 26.4 Å². The van der Waals surface area contributed by atoms with E-state index in [-0.39, 0.29) is 25.9 Å². The maximum Gasteiger partial charge on any atom is 0.472 e. The van der Waals surface area contributed by atoms with Gasteiger partial charge >= 0.3 is 25.7 Å². The molecule has 70 heavy (non-hydrogen) atoms. The fourth-order valence-corrected chi connectivity index (χ4v) is 9.43. The minimum absolute atomic E-state index is 0.165. The first-order valence-corrected chi connectivity index (χ1v) is 31.1. The van der Waals surface area contributed by atoms with Crippen LogP contribution in [0.15, 0.2) is 12.2 Å². The van der Waals surface area contributed by atoms with Crippen molar-refractivity contribution in [3.63, 3.8) is 0 Å². The summed E-state index contributed by atoms with van der Waals surface area (Å²) in [7, 11) is -4.74. The van der Waals surface area contributed by atoms with Crippen molar-refractivity contribution in [2.24, 2.45) is 0 Å². The molecule has 2 N–H and O–H groups in total. The Kier molecular flexibility index (Phi) is 52.1. The minimum Gasteiger partial charge on any atom is -0.462 e. The van der Waals surface area contributed by atoms with Gasteiger partial charge in [-0.15, -0.1) is 0 Å². The van der Waals surface area contributed by atoms with E-state index in [1.165, 1.54) is 167 Å². The Morgan fingerprint density at radius 2 is 0.657 bits per heavy atom. The number of aliphatic hydroxyl groups excluding tert-OH is 1. The van der Waals surface area contributed by atoms with E-state index in [0.717, 1.165) is 77.0 Å². The van der Waals surface area contributed by atoms with Gasteiger partial charge in [-0.25, -0.2) is 4.57 Å². The molecule has 0 radical (unpaired) electrons. The fourth-order valence-electron chi connectivity index (χ4n) is 8.65. The summed E-state index contributed by atoms with van der Waals surface area (Å²) in [4.78, 5) is 48.5. The third kappa shape index (κ3) is 51.1. The first kappa shape index (κ1) is 68.2. The predicted molar refractivity (Wildman–Crippen MR) is 289 cm³/mol. The summed E-state index contributed by atoms with van der Waals surface area (Å²) in [5.74, 6) is -1.44. The Labute approximate surface area is 430 Å². The predicted octanol–water partition coefficient (Wildman–Crippen LogP) is 17.3. The first-order valence-electron chi connectivity index (χ1n) is 29.6. The summed E-state index contributed by atoms with van der Waals surface area (Å²) in [5, 5.41) is 9.80. The second kappa shape index (κ2) is 53.5. The van der Waals surface area contributed by atoms with Gasteiger partial charge in [0.2, 0.25) is 0 Å². The average molecular weight is 1020 g/mol. The highest BCUT2D eigenvalue weighted by Gasteiger charge is 2.28. The molecular weight excluding hydrogens is 904 g/mol. The number of hydrogen-bond acceptors (Lipinski definition) is 10. The number of ether oxygens (including phenoxy) is 3. The SMILES string of the molecule is CCCCCCCC/C=C\CCCCCCCC(=O)OC(COC(=O)CCCCCCCCCCCCCCCCC)COP(=O)(O)OCC(CO)OC(=O)CCCCCCCCCCCCCCC.